The summed E-state index contributed by atoms with van der Waals surface area (Å²) in [7, 11) is 0. The molecular formula is C50H27N5S. The average Bonchev–Trinajstić information content (AvgIpc) is 4.05. The average molecular weight is 730 g/mol. The van der Waals surface area contributed by atoms with Crippen LogP contribution < -0.4 is 0 Å². The largest absolute Gasteiger partial charge is 0.307 e. The lowest BCUT2D eigenvalue weighted by Gasteiger charge is -2.13. The molecule has 0 bridgehead atoms. The number of aromatic nitrogens is 5. The summed E-state index contributed by atoms with van der Waals surface area (Å²) in [5.41, 5.74) is 9.14. The second-order valence-electron chi connectivity index (χ2n) is 14.9. The van der Waals surface area contributed by atoms with E-state index in [-0.39, 0.29) is 0 Å². The van der Waals surface area contributed by atoms with Crippen molar-refractivity contribution >= 4 is 124 Å². The monoisotopic (exact) mass is 729 g/mol. The van der Waals surface area contributed by atoms with Crippen molar-refractivity contribution < 1.29 is 0 Å². The lowest BCUT2D eigenvalue weighted by Crippen LogP contribution is -2.06. The summed E-state index contributed by atoms with van der Waals surface area (Å²) in [5.74, 6) is 1.56. The number of thiophene rings is 1. The summed E-state index contributed by atoms with van der Waals surface area (Å²) in [6.07, 6.45) is 0. The summed E-state index contributed by atoms with van der Waals surface area (Å²) < 4.78 is 9.50. The van der Waals surface area contributed by atoms with Gasteiger partial charge in [-0.25, -0.2) is 4.98 Å². The Morgan fingerprint density at radius 2 is 0.964 bits per heavy atom. The van der Waals surface area contributed by atoms with Gasteiger partial charge in [0, 0.05) is 58.6 Å². The highest BCUT2D eigenvalue weighted by molar-refractivity contribution is 7.26. The Bertz CT molecular complexity index is 3960. The van der Waals surface area contributed by atoms with Gasteiger partial charge in [0.15, 0.2) is 5.82 Å². The van der Waals surface area contributed by atoms with Gasteiger partial charge in [-0.05, 0) is 41.8 Å². The van der Waals surface area contributed by atoms with Gasteiger partial charge in [-0.2, -0.15) is 4.98 Å². The molecular weight excluding hydrogens is 703 g/mol. The summed E-state index contributed by atoms with van der Waals surface area (Å²) in [4.78, 5) is 11.3. The van der Waals surface area contributed by atoms with Crippen molar-refractivity contribution in [1.29, 1.82) is 0 Å². The quantitative estimate of drug-likeness (QED) is 0.178. The normalized spacial score (nSPS) is 12.6. The molecule has 0 unspecified atom stereocenters. The third-order valence-electron chi connectivity index (χ3n) is 12.2. The Kier molecular flexibility index (Phi) is 5.34. The number of benzene rings is 8. The fraction of sp³-hybridized carbons (Fsp3) is 0. The zero-order valence-electron chi connectivity index (χ0n) is 29.7. The van der Waals surface area contributed by atoms with Crippen molar-refractivity contribution in [3.8, 4) is 11.8 Å². The molecule has 6 heterocycles. The molecule has 0 saturated heterocycles. The van der Waals surface area contributed by atoms with Crippen LogP contribution >= 0.6 is 11.3 Å². The van der Waals surface area contributed by atoms with Crippen LogP contribution in [-0.4, -0.2) is 23.5 Å². The Labute approximate surface area is 321 Å². The summed E-state index contributed by atoms with van der Waals surface area (Å²) in [6.45, 7) is 0. The minimum atomic E-state index is 0.664. The molecule has 0 fully saturated rings. The van der Waals surface area contributed by atoms with Gasteiger partial charge in [0.1, 0.15) is 0 Å². The van der Waals surface area contributed by atoms with E-state index < -0.39 is 0 Å². The molecule has 6 aromatic heterocycles. The predicted octanol–water partition coefficient (Wildman–Crippen LogP) is 13.3. The van der Waals surface area contributed by atoms with Crippen molar-refractivity contribution in [2.24, 2.45) is 0 Å². The van der Waals surface area contributed by atoms with E-state index in [4.69, 9.17) is 9.97 Å². The van der Waals surface area contributed by atoms with Gasteiger partial charge in [0.2, 0.25) is 5.95 Å². The Hall–Kier alpha value is -7.28. The van der Waals surface area contributed by atoms with Gasteiger partial charge in [-0.15, -0.1) is 11.3 Å². The van der Waals surface area contributed by atoms with Crippen LogP contribution in [0.2, 0.25) is 0 Å². The third-order valence-corrected chi connectivity index (χ3v) is 13.3. The first kappa shape index (κ1) is 29.1. The van der Waals surface area contributed by atoms with Gasteiger partial charge >= 0.3 is 0 Å². The molecule has 0 atom stereocenters. The van der Waals surface area contributed by atoms with Crippen LogP contribution in [0, 0.1) is 0 Å². The van der Waals surface area contributed by atoms with Crippen LogP contribution in [-0.2, 0) is 0 Å². The first-order valence-electron chi connectivity index (χ1n) is 19.0. The second kappa shape index (κ2) is 10.3. The number of hydrogen-bond acceptors (Lipinski definition) is 3. The van der Waals surface area contributed by atoms with Crippen molar-refractivity contribution in [2.75, 3.05) is 0 Å². The van der Waals surface area contributed by atoms with Gasteiger partial charge in [0.05, 0.1) is 48.8 Å². The third kappa shape index (κ3) is 3.47. The van der Waals surface area contributed by atoms with Crippen LogP contribution in [0.3, 0.4) is 0 Å². The molecule has 0 aliphatic rings. The molecule has 14 rings (SSSR count). The second-order valence-corrected chi connectivity index (χ2v) is 16.0. The zero-order chi connectivity index (χ0) is 36.2. The zero-order valence-corrected chi connectivity index (χ0v) is 30.5. The van der Waals surface area contributed by atoms with E-state index in [1.165, 1.54) is 75.1 Å². The maximum Gasteiger partial charge on any atom is 0.237 e. The molecule has 258 valence electrons. The van der Waals surface area contributed by atoms with Crippen LogP contribution in [0.4, 0.5) is 0 Å². The molecule has 0 spiro atoms. The van der Waals surface area contributed by atoms with Crippen molar-refractivity contribution in [3.05, 3.63) is 164 Å². The van der Waals surface area contributed by atoms with Gasteiger partial charge < -0.3 is 4.40 Å². The van der Waals surface area contributed by atoms with Crippen LogP contribution in [0.5, 0.6) is 0 Å². The maximum absolute atomic E-state index is 5.71. The summed E-state index contributed by atoms with van der Waals surface area (Å²) >= 11 is 1.77. The highest BCUT2D eigenvalue weighted by atomic mass is 32.1. The van der Waals surface area contributed by atoms with Crippen LogP contribution in [0.15, 0.2) is 164 Å². The topological polar surface area (TPSA) is 40.0 Å². The van der Waals surface area contributed by atoms with E-state index in [1.807, 2.05) is 0 Å². The fourth-order valence-corrected chi connectivity index (χ4v) is 11.1. The first-order valence-corrected chi connectivity index (χ1v) is 19.8. The van der Waals surface area contributed by atoms with Crippen molar-refractivity contribution in [3.63, 3.8) is 0 Å². The molecule has 14 aromatic rings. The van der Waals surface area contributed by atoms with E-state index in [2.05, 4.69) is 177 Å². The number of hydrogen-bond donors (Lipinski definition) is 0. The van der Waals surface area contributed by atoms with E-state index in [1.54, 1.807) is 11.3 Å². The molecule has 56 heavy (non-hydrogen) atoms. The summed E-state index contributed by atoms with van der Waals surface area (Å²) in [6, 6.07) is 59.5. The van der Waals surface area contributed by atoms with Crippen molar-refractivity contribution in [1.82, 2.24) is 23.5 Å². The minimum absolute atomic E-state index is 0.664. The van der Waals surface area contributed by atoms with E-state index >= 15 is 0 Å². The highest BCUT2D eigenvalue weighted by Crippen LogP contribution is 2.48. The first-order chi connectivity index (χ1) is 27.8. The summed E-state index contributed by atoms with van der Waals surface area (Å²) in [5, 5.41) is 13.4. The smallest absolute Gasteiger partial charge is 0.237 e. The Morgan fingerprint density at radius 3 is 1.71 bits per heavy atom. The SMILES string of the molecule is c1ccc2c(c1)ccc1c3cc4c5ccccc5n(-c5nc(-n6c7ccccc7c7ccccc76)c6sc7ccccc7c6n5)c4c4c5ccccc5n(c21)c34. The molecule has 0 aliphatic heterocycles. The molecule has 8 aromatic carbocycles. The van der Waals surface area contributed by atoms with Crippen LogP contribution in [0.25, 0.3) is 125 Å². The fourth-order valence-electron chi connectivity index (χ4n) is 9.93. The number of para-hydroxylation sites is 4. The molecule has 0 amide bonds. The van der Waals surface area contributed by atoms with Gasteiger partial charge in [-0.3, -0.25) is 9.13 Å². The molecule has 5 nitrogen and oxygen atoms in total. The molecule has 6 heteroatoms. The number of nitrogens with zero attached hydrogens (tertiary/aromatic N) is 5. The minimum Gasteiger partial charge on any atom is -0.307 e. The molecule has 0 radical (unpaired) electrons. The predicted molar refractivity (Wildman–Crippen MR) is 236 cm³/mol. The number of fused-ring (bicyclic) bond motifs is 18. The standard InChI is InChI=1S/C50H27N5S/c1-2-14-29-28(13-1)25-26-33-37-27-36-32-17-5-10-22-40(32)55(47(36)43-34-18-6-11-23-41(34)54(45(29)33)46(37)43)50-51-44-35-19-7-12-24-42(35)56-48(44)49(52-50)53-38-20-8-3-15-30(38)31-16-4-9-21-39(31)53/h1-27H. The molecule has 0 aliphatic carbocycles. The number of rotatable bonds is 2. The van der Waals surface area contributed by atoms with E-state index in [9.17, 15) is 0 Å². The van der Waals surface area contributed by atoms with Gasteiger partial charge in [-0.1, -0.05) is 127 Å². The van der Waals surface area contributed by atoms with E-state index in [0.717, 1.165) is 43.5 Å². The van der Waals surface area contributed by atoms with E-state index in [0.29, 0.717) is 5.95 Å². The highest BCUT2D eigenvalue weighted by Gasteiger charge is 2.27. The maximum atomic E-state index is 5.71. The van der Waals surface area contributed by atoms with Crippen LogP contribution in [0.1, 0.15) is 0 Å². The molecule has 0 N–H and O–H groups in total. The van der Waals surface area contributed by atoms with Crippen molar-refractivity contribution in [2.45, 2.75) is 0 Å². The lowest BCUT2D eigenvalue weighted by atomic mass is 10.0. The Morgan fingerprint density at radius 1 is 0.393 bits per heavy atom. The molecule has 0 saturated carbocycles. The lowest BCUT2D eigenvalue weighted by molar-refractivity contribution is 0.978. The Balaban J connectivity index is 1.22. The van der Waals surface area contributed by atoms with Gasteiger partial charge in [0.25, 0.3) is 0 Å².